The quantitative estimate of drug-likeness (QED) is 0.853. The van der Waals surface area contributed by atoms with Crippen molar-refractivity contribution in [1.82, 2.24) is 24.9 Å². The lowest BCUT2D eigenvalue weighted by molar-refractivity contribution is -0.122. The number of aromatic nitrogens is 2. The maximum Gasteiger partial charge on any atom is 0.274 e. The molecule has 1 aromatic heterocycles. The molecule has 2 heterocycles. The average Bonchev–Trinajstić information content (AvgIpc) is 2.91. The minimum Gasteiger partial charge on any atom is -0.355 e. The van der Waals surface area contributed by atoms with Crippen LogP contribution in [0.1, 0.15) is 70.1 Å². The molecule has 0 radical (unpaired) electrons. The zero-order valence-electron chi connectivity index (χ0n) is 17.7. The summed E-state index contributed by atoms with van der Waals surface area (Å²) in [6.45, 7) is 16.4. The molecule has 0 atom stereocenters. The number of nitrogens with one attached hydrogen (secondary N) is 1. The fraction of sp³-hybridized carbons (Fsp3) is 0.750. The molecule has 1 saturated heterocycles. The molecule has 0 saturated carbocycles. The van der Waals surface area contributed by atoms with Crippen molar-refractivity contribution in [3.63, 3.8) is 0 Å². The van der Waals surface area contributed by atoms with Crippen molar-refractivity contribution in [2.75, 3.05) is 39.3 Å². The number of amides is 2. The van der Waals surface area contributed by atoms with Gasteiger partial charge in [0.05, 0.1) is 12.1 Å². The van der Waals surface area contributed by atoms with E-state index in [-0.39, 0.29) is 17.4 Å². The predicted molar refractivity (Wildman–Crippen MR) is 107 cm³/mol. The molecule has 1 aromatic rings. The van der Waals surface area contributed by atoms with Gasteiger partial charge in [-0.15, -0.1) is 0 Å². The van der Waals surface area contributed by atoms with Gasteiger partial charge in [-0.1, -0.05) is 13.8 Å². The van der Waals surface area contributed by atoms with Crippen LogP contribution in [0, 0.1) is 0 Å². The maximum absolute atomic E-state index is 13.1. The summed E-state index contributed by atoms with van der Waals surface area (Å²) in [4.78, 5) is 28.9. The first-order chi connectivity index (χ1) is 12.6. The highest BCUT2D eigenvalue weighted by Crippen LogP contribution is 2.24. The highest BCUT2D eigenvalue weighted by Gasteiger charge is 2.27. The third-order valence-corrected chi connectivity index (χ3v) is 4.80. The van der Waals surface area contributed by atoms with Gasteiger partial charge < -0.3 is 10.2 Å². The molecular formula is C20H35N5O2. The van der Waals surface area contributed by atoms with Crippen molar-refractivity contribution in [3.05, 3.63) is 17.5 Å². The lowest BCUT2D eigenvalue weighted by Gasteiger charge is -2.24. The van der Waals surface area contributed by atoms with Crippen LogP contribution in [-0.4, -0.2) is 70.7 Å². The van der Waals surface area contributed by atoms with Gasteiger partial charge in [-0.3, -0.25) is 19.2 Å². The van der Waals surface area contributed by atoms with E-state index >= 15 is 0 Å². The summed E-state index contributed by atoms with van der Waals surface area (Å²) in [5.41, 5.74) is 1.43. The smallest absolute Gasteiger partial charge is 0.274 e. The Kier molecular flexibility index (Phi) is 7.03. The molecule has 2 rings (SSSR count). The van der Waals surface area contributed by atoms with E-state index in [0.717, 1.165) is 18.7 Å². The number of hydrogen-bond donors (Lipinski definition) is 1. The Balaban J connectivity index is 2.09. The van der Waals surface area contributed by atoms with Gasteiger partial charge in [0.15, 0.2) is 5.69 Å². The standard InChI is InChI=1S/C20H35N5O2/c1-7-21-18(26)14-23-9-8-10-24(12-11-23)19(27)16-13-17(15(2)3)25(22-16)20(4,5)6/h13,15H,7-12,14H2,1-6H3,(H,21,26). The van der Waals surface area contributed by atoms with E-state index in [1.807, 2.05) is 22.6 Å². The molecule has 0 bridgehead atoms. The average molecular weight is 378 g/mol. The molecular weight excluding hydrogens is 342 g/mol. The number of rotatable bonds is 5. The van der Waals surface area contributed by atoms with Crippen molar-refractivity contribution in [2.45, 2.75) is 59.4 Å². The van der Waals surface area contributed by atoms with E-state index in [0.29, 0.717) is 44.3 Å². The van der Waals surface area contributed by atoms with Crippen LogP contribution in [0.2, 0.25) is 0 Å². The maximum atomic E-state index is 13.1. The topological polar surface area (TPSA) is 70.5 Å². The molecule has 27 heavy (non-hydrogen) atoms. The van der Waals surface area contributed by atoms with Gasteiger partial charge >= 0.3 is 0 Å². The zero-order chi connectivity index (χ0) is 20.2. The number of likely N-dealkylation sites (N-methyl/N-ethyl adjacent to an activating group) is 1. The second kappa shape index (κ2) is 8.87. The van der Waals surface area contributed by atoms with E-state index in [2.05, 4.69) is 49.9 Å². The highest BCUT2D eigenvalue weighted by molar-refractivity contribution is 5.92. The number of nitrogens with zero attached hydrogens (tertiary/aromatic N) is 4. The fourth-order valence-corrected chi connectivity index (χ4v) is 3.40. The van der Waals surface area contributed by atoms with Crippen LogP contribution >= 0.6 is 0 Å². The first kappa shape index (κ1) is 21.4. The number of hydrogen-bond acceptors (Lipinski definition) is 4. The summed E-state index contributed by atoms with van der Waals surface area (Å²) in [7, 11) is 0. The highest BCUT2D eigenvalue weighted by atomic mass is 16.2. The van der Waals surface area contributed by atoms with Gasteiger partial charge in [-0.25, -0.2) is 0 Å². The lowest BCUT2D eigenvalue weighted by atomic mass is 10.1. The molecule has 1 N–H and O–H groups in total. The third kappa shape index (κ3) is 5.54. The van der Waals surface area contributed by atoms with Crippen LogP contribution in [0.5, 0.6) is 0 Å². The van der Waals surface area contributed by atoms with Gasteiger partial charge in [0.25, 0.3) is 5.91 Å². The Morgan fingerprint density at radius 1 is 1.19 bits per heavy atom. The third-order valence-electron chi connectivity index (χ3n) is 4.80. The summed E-state index contributed by atoms with van der Waals surface area (Å²) in [5, 5.41) is 7.48. The largest absolute Gasteiger partial charge is 0.355 e. The summed E-state index contributed by atoms with van der Waals surface area (Å²) in [5.74, 6) is 0.331. The van der Waals surface area contributed by atoms with Crippen LogP contribution in [-0.2, 0) is 10.3 Å². The molecule has 0 unspecified atom stereocenters. The predicted octanol–water partition coefficient (Wildman–Crippen LogP) is 2.05. The van der Waals surface area contributed by atoms with E-state index in [1.165, 1.54) is 0 Å². The SMILES string of the molecule is CCNC(=O)CN1CCCN(C(=O)c2cc(C(C)C)n(C(C)(C)C)n2)CC1. The Bertz CT molecular complexity index is 660. The Hall–Kier alpha value is -1.89. The summed E-state index contributed by atoms with van der Waals surface area (Å²) in [6, 6.07) is 1.94. The summed E-state index contributed by atoms with van der Waals surface area (Å²) < 4.78 is 1.98. The molecule has 7 heteroatoms. The van der Waals surface area contributed by atoms with Crippen LogP contribution in [0.3, 0.4) is 0 Å². The van der Waals surface area contributed by atoms with Gasteiger partial charge in [0, 0.05) is 38.4 Å². The van der Waals surface area contributed by atoms with Crippen molar-refractivity contribution < 1.29 is 9.59 Å². The van der Waals surface area contributed by atoms with Gasteiger partial charge in [0.2, 0.25) is 5.91 Å². The van der Waals surface area contributed by atoms with Crippen LogP contribution in [0.15, 0.2) is 6.07 Å². The normalized spacial score (nSPS) is 16.5. The molecule has 0 spiro atoms. The van der Waals surface area contributed by atoms with Crippen LogP contribution < -0.4 is 5.32 Å². The van der Waals surface area contributed by atoms with E-state index in [9.17, 15) is 9.59 Å². The first-order valence-electron chi connectivity index (χ1n) is 10.0. The summed E-state index contributed by atoms with van der Waals surface area (Å²) >= 11 is 0. The minimum absolute atomic E-state index is 0.0141. The molecule has 7 nitrogen and oxygen atoms in total. The molecule has 0 aliphatic carbocycles. The molecule has 1 fully saturated rings. The lowest BCUT2D eigenvalue weighted by Crippen LogP contribution is -2.40. The van der Waals surface area contributed by atoms with Crippen LogP contribution in [0.4, 0.5) is 0 Å². The fourth-order valence-electron chi connectivity index (χ4n) is 3.40. The van der Waals surface area contributed by atoms with Gasteiger partial charge in [0.1, 0.15) is 0 Å². The molecule has 0 aromatic carbocycles. The first-order valence-corrected chi connectivity index (χ1v) is 10.0. The van der Waals surface area contributed by atoms with Crippen molar-refractivity contribution >= 4 is 11.8 Å². The monoisotopic (exact) mass is 377 g/mol. The van der Waals surface area contributed by atoms with E-state index in [1.54, 1.807) is 0 Å². The Labute approximate surface area is 163 Å². The van der Waals surface area contributed by atoms with E-state index in [4.69, 9.17) is 0 Å². The number of carbonyl (C=O) groups is 2. The second-order valence-electron chi connectivity index (χ2n) is 8.57. The summed E-state index contributed by atoms with van der Waals surface area (Å²) in [6.07, 6.45) is 0.863. The minimum atomic E-state index is -0.166. The Morgan fingerprint density at radius 3 is 2.44 bits per heavy atom. The second-order valence-corrected chi connectivity index (χ2v) is 8.57. The number of carbonyl (C=O) groups excluding carboxylic acids is 2. The Morgan fingerprint density at radius 2 is 1.89 bits per heavy atom. The van der Waals surface area contributed by atoms with Crippen molar-refractivity contribution in [3.8, 4) is 0 Å². The van der Waals surface area contributed by atoms with Crippen molar-refractivity contribution in [2.24, 2.45) is 0 Å². The molecule has 152 valence electrons. The zero-order valence-corrected chi connectivity index (χ0v) is 17.7. The van der Waals surface area contributed by atoms with Gasteiger partial charge in [-0.2, -0.15) is 5.10 Å². The van der Waals surface area contributed by atoms with Gasteiger partial charge in [-0.05, 0) is 46.1 Å². The van der Waals surface area contributed by atoms with Crippen molar-refractivity contribution in [1.29, 1.82) is 0 Å². The molecule has 1 aliphatic rings. The molecule has 1 aliphatic heterocycles. The molecule has 2 amide bonds. The van der Waals surface area contributed by atoms with Crippen LogP contribution in [0.25, 0.3) is 0 Å². The van der Waals surface area contributed by atoms with E-state index < -0.39 is 0 Å².